The highest BCUT2D eigenvalue weighted by Gasteiger charge is 2.12. The normalized spacial score (nSPS) is 12.3. The van der Waals surface area contributed by atoms with E-state index in [0.717, 1.165) is 25.3 Å². The average molecular weight is 269 g/mol. The maximum Gasteiger partial charge on any atom is 0.119 e. The molecule has 0 saturated carbocycles. The highest BCUT2D eigenvalue weighted by molar-refractivity contribution is 5.22. The molecule has 0 aliphatic rings. The molecular weight excluding hydrogens is 246 g/mol. The summed E-state index contributed by atoms with van der Waals surface area (Å²) in [5.41, 5.74) is 1.39. The summed E-state index contributed by atoms with van der Waals surface area (Å²) in [5.74, 6) is 1.46. The van der Waals surface area contributed by atoms with Gasteiger partial charge in [0.25, 0.3) is 0 Å². The Hall–Kier alpha value is -1.80. The largest absolute Gasteiger partial charge is 0.494 e. The van der Waals surface area contributed by atoms with Crippen LogP contribution in [0.4, 0.5) is 0 Å². The molecule has 0 fully saturated rings. The maximum absolute atomic E-state index is 5.82. The first-order valence-corrected chi connectivity index (χ1v) is 7.13. The molecule has 0 N–H and O–H groups in total. The highest BCUT2D eigenvalue weighted by atomic mass is 16.5. The lowest BCUT2D eigenvalue weighted by atomic mass is 9.96. The van der Waals surface area contributed by atoms with Crippen molar-refractivity contribution in [2.24, 2.45) is 0 Å². The number of benzene rings is 2. The summed E-state index contributed by atoms with van der Waals surface area (Å²) in [6, 6.07) is 20.7. The zero-order valence-electron chi connectivity index (χ0n) is 12.3. The first kappa shape index (κ1) is 14.6. The summed E-state index contributed by atoms with van der Waals surface area (Å²) in [7, 11) is 4.24. The van der Waals surface area contributed by atoms with Gasteiger partial charge in [-0.3, -0.25) is 0 Å². The molecule has 2 aromatic carbocycles. The molecular formula is C18H23NO. The first-order valence-electron chi connectivity index (χ1n) is 7.13. The number of hydrogen-bond acceptors (Lipinski definition) is 2. The monoisotopic (exact) mass is 269 g/mol. The quantitative estimate of drug-likeness (QED) is 0.758. The van der Waals surface area contributed by atoms with E-state index in [1.54, 1.807) is 0 Å². The van der Waals surface area contributed by atoms with Gasteiger partial charge in [0.15, 0.2) is 0 Å². The van der Waals surface area contributed by atoms with Crippen molar-refractivity contribution in [1.29, 1.82) is 0 Å². The van der Waals surface area contributed by atoms with Gasteiger partial charge in [0.2, 0.25) is 0 Å². The second kappa shape index (κ2) is 7.71. The molecule has 2 rings (SSSR count). The highest BCUT2D eigenvalue weighted by Crippen LogP contribution is 2.21. The fraction of sp³-hybridized carbons (Fsp3) is 0.333. The van der Waals surface area contributed by atoms with Gasteiger partial charge in [-0.05, 0) is 44.1 Å². The Morgan fingerprint density at radius 3 is 2.10 bits per heavy atom. The number of rotatable bonds is 7. The Balaban J connectivity index is 1.91. The zero-order chi connectivity index (χ0) is 14.2. The maximum atomic E-state index is 5.82. The topological polar surface area (TPSA) is 12.5 Å². The minimum atomic E-state index is 0.509. The van der Waals surface area contributed by atoms with Gasteiger partial charge in [-0.2, -0.15) is 0 Å². The number of para-hydroxylation sites is 1. The van der Waals surface area contributed by atoms with E-state index < -0.39 is 0 Å². The van der Waals surface area contributed by atoms with E-state index in [2.05, 4.69) is 49.3 Å². The predicted octanol–water partition coefficient (Wildman–Crippen LogP) is 3.80. The van der Waals surface area contributed by atoms with Crippen molar-refractivity contribution in [3.05, 3.63) is 66.2 Å². The van der Waals surface area contributed by atoms with Gasteiger partial charge in [-0.25, -0.2) is 0 Å². The third-order valence-corrected chi connectivity index (χ3v) is 3.33. The van der Waals surface area contributed by atoms with E-state index in [4.69, 9.17) is 4.74 Å². The lowest BCUT2D eigenvalue weighted by Gasteiger charge is -2.21. The molecule has 0 amide bonds. The van der Waals surface area contributed by atoms with Gasteiger partial charge < -0.3 is 9.64 Å². The van der Waals surface area contributed by atoms with E-state index >= 15 is 0 Å². The molecule has 2 heteroatoms. The van der Waals surface area contributed by atoms with Crippen molar-refractivity contribution in [2.75, 3.05) is 27.2 Å². The minimum Gasteiger partial charge on any atom is -0.494 e. The summed E-state index contributed by atoms with van der Waals surface area (Å²) in [5, 5.41) is 0. The first-order chi connectivity index (χ1) is 9.75. The molecule has 0 radical (unpaired) electrons. The smallest absolute Gasteiger partial charge is 0.119 e. The van der Waals surface area contributed by atoms with Crippen LogP contribution in [0.25, 0.3) is 0 Å². The van der Waals surface area contributed by atoms with Crippen LogP contribution in [0.3, 0.4) is 0 Å². The van der Waals surface area contributed by atoms with Crippen LogP contribution in [0.5, 0.6) is 5.75 Å². The Morgan fingerprint density at radius 1 is 0.900 bits per heavy atom. The molecule has 20 heavy (non-hydrogen) atoms. The number of nitrogens with zero attached hydrogens (tertiary/aromatic N) is 1. The van der Waals surface area contributed by atoms with E-state index in [9.17, 15) is 0 Å². The molecule has 106 valence electrons. The standard InChI is InChI=1S/C18H23NO/c1-19(2)15-17(16-9-5-3-6-10-16)13-14-20-18-11-7-4-8-12-18/h3-12,17H,13-15H2,1-2H3/t17-/m1/s1. The van der Waals surface area contributed by atoms with Crippen LogP contribution in [-0.4, -0.2) is 32.1 Å². The van der Waals surface area contributed by atoms with Crippen LogP contribution >= 0.6 is 0 Å². The van der Waals surface area contributed by atoms with E-state index in [1.807, 2.05) is 30.3 Å². The number of hydrogen-bond donors (Lipinski definition) is 0. The van der Waals surface area contributed by atoms with Crippen molar-refractivity contribution in [1.82, 2.24) is 4.90 Å². The van der Waals surface area contributed by atoms with Gasteiger partial charge in [-0.15, -0.1) is 0 Å². The summed E-state index contributed by atoms with van der Waals surface area (Å²) < 4.78 is 5.82. The molecule has 0 aliphatic carbocycles. The van der Waals surface area contributed by atoms with Gasteiger partial charge in [-0.1, -0.05) is 48.5 Å². The van der Waals surface area contributed by atoms with Crippen LogP contribution in [0.2, 0.25) is 0 Å². The zero-order valence-corrected chi connectivity index (χ0v) is 12.3. The van der Waals surface area contributed by atoms with Gasteiger partial charge >= 0.3 is 0 Å². The lowest BCUT2D eigenvalue weighted by Crippen LogP contribution is -2.21. The molecule has 0 spiro atoms. The predicted molar refractivity (Wildman–Crippen MR) is 84.3 cm³/mol. The van der Waals surface area contributed by atoms with Crippen molar-refractivity contribution < 1.29 is 4.74 Å². The molecule has 0 aromatic heterocycles. The van der Waals surface area contributed by atoms with Crippen LogP contribution in [-0.2, 0) is 0 Å². The van der Waals surface area contributed by atoms with Gasteiger partial charge in [0.05, 0.1) is 6.61 Å². The molecule has 0 unspecified atom stereocenters. The summed E-state index contributed by atoms with van der Waals surface area (Å²) >= 11 is 0. The summed E-state index contributed by atoms with van der Waals surface area (Å²) in [6.45, 7) is 1.79. The molecule has 1 atom stereocenters. The molecule has 0 saturated heterocycles. The summed E-state index contributed by atoms with van der Waals surface area (Å²) in [4.78, 5) is 2.24. The third-order valence-electron chi connectivity index (χ3n) is 3.33. The molecule has 0 aliphatic heterocycles. The third kappa shape index (κ3) is 4.71. The second-order valence-corrected chi connectivity index (χ2v) is 5.32. The van der Waals surface area contributed by atoms with Crippen molar-refractivity contribution >= 4 is 0 Å². The summed E-state index contributed by atoms with van der Waals surface area (Å²) in [6.07, 6.45) is 1.02. The van der Waals surface area contributed by atoms with E-state index in [1.165, 1.54) is 5.56 Å². The fourth-order valence-corrected chi connectivity index (χ4v) is 2.37. The lowest BCUT2D eigenvalue weighted by molar-refractivity contribution is 0.276. The molecule has 0 bridgehead atoms. The van der Waals surface area contributed by atoms with Crippen LogP contribution in [0.1, 0.15) is 17.9 Å². The molecule has 2 aromatic rings. The van der Waals surface area contributed by atoms with Crippen molar-refractivity contribution in [3.8, 4) is 5.75 Å². The Bertz CT molecular complexity index is 481. The van der Waals surface area contributed by atoms with Gasteiger partial charge in [0, 0.05) is 6.54 Å². The second-order valence-electron chi connectivity index (χ2n) is 5.32. The van der Waals surface area contributed by atoms with Crippen molar-refractivity contribution in [3.63, 3.8) is 0 Å². The number of likely N-dealkylation sites (N-methyl/N-ethyl adjacent to an activating group) is 1. The fourth-order valence-electron chi connectivity index (χ4n) is 2.37. The van der Waals surface area contributed by atoms with E-state index in [0.29, 0.717) is 5.92 Å². The Kier molecular flexibility index (Phi) is 5.63. The Morgan fingerprint density at radius 2 is 1.50 bits per heavy atom. The minimum absolute atomic E-state index is 0.509. The molecule has 0 heterocycles. The average Bonchev–Trinajstić information content (AvgIpc) is 2.48. The van der Waals surface area contributed by atoms with Crippen LogP contribution < -0.4 is 4.74 Å². The van der Waals surface area contributed by atoms with Crippen molar-refractivity contribution in [2.45, 2.75) is 12.3 Å². The number of ether oxygens (including phenoxy) is 1. The SMILES string of the molecule is CN(C)C[C@@H](CCOc1ccccc1)c1ccccc1. The Labute approximate surface area is 122 Å². The molecule has 2 nitrogen and oxygen atoms in total. The van der Waals surface area contributed by atoms with E-state index in [-0.39, 0.29) is 0 Å². The van der Waals surface area contributed by atoms with Gasteiger partial charge in [0.1, 0.15) is 5.75 Å². The van der Waals surface area contributed by atoms with Crippen LogP contribution in [0, 0.1) is 0 Å². The van der Waals surface area contributed by atoms with Crippen LogP contribution in [0.15, 0.2) is 60.7 Å².